The third-order valence-electron chi connectivity index (χ3n) is 3.41. The molecule has 1 heterocycles. The van der Waals surface area contributed by atoms with Crippen LogP contribution in [0.25, 0.3) is 0 Å². The molecule has 116 valence electrons. The number of nitrogens with one attached hydrogen (secondary N) is 3. The average molecular weight is 296 g/mol. The van der Waals surface area contributed by atoms with E-state index >= 15 is 0 Å². The number of carbonyl (C=O) groups excluding carboxylic acids is 1. The van der Waals surface area contributed by atoms with Crippen molar-refractivity contribution in [1.82, 2.24) is 21.1 Å². The third kappa shape index (κ3) is 4.05. The first-order chi connectivity index (χ1) is 10.1. The van der Waals surface area contributed by atoms with E-state index in [1.165, 1.54) is 13.2 Å². The normalized spacial score (nSPS) is 15.0. The van der Waals surface area contributed by atoms with Crippen LogP contribution in [0, 0.1) is 5.82 Å². The van der Waals surface area contributed by atoms with E-state index in [-0.39, 0.29) is 17.8 Å². The Morgan fingerprint density at radius 2 is 2.19 bits per heavy atom. The van der Waals surface area contributed by atoms with Crippen LogP contribution in [-0.2, 0) is 6.54 Å². The van der Waals surface area contributed by atoms with E-state index in [1.54, 1.807) is 17.0 Å². The van der Waals surface area contributed by atoms with Gasteiger partial charge in [-0.15, -0.1) is 0 Å². The van der Waals surface area contributed by atoms with Crippen LogP contribution in [0.15, 0.2) is 18.2 Å². The molecule has 0 spiro atoms. The number of ether oxygens (including phenoxy) is 1. The molecule has 3 N–H and O–H groups in total. The Bertz CT molecular complexity index is 492. The van der Waals surface area contributed by atoms with Gasteiger partial charge in [0.1, 0.15) is 0 Å². The summed E-state index contributed by atoms with van der Waals surface area (Å²) < 4.78 is 18.6. The van der Waals surface area contributed by atoms with Crippen molar-refractivity contribution in [3.8, 4) is 5.75 Å². The lowest BCUT2D eigenvalue weighted by Gasteiger charge is -2.23. The van der Waals surface area contributed by atoms with E-state index < -0.39 is 5.82 Å². The number of methoxy groups -OCH3 is 1. The summed E-state index contributed by atoms with van der Waals surface area (Å²) in [6, 6.07) is 4.65. The lowest BCUT2D eigenvalue weighted by atomic mass is 10.2. The zero-order valence-electron chi connectivity index (χ0n) is 12.3. The van der Waals surface area contributed by atoms with Crippen LogP contribution in [0.3, 0.4) is 0 Å². The summed E-state index contributed by atoms with van der Waals surface area (Å²) in [4.78, 5) is 13.8. The Balaban J connectivity index is 1.97. The average Bonchev–Trinajstić information content (AvgIpc) is 2.97. The smallest absolute Gasteiger partial charge is 0.317 e. The molecule has 1 aromatic rings. The van der Waals surface area contributed by atoms with E-state index in [0.29, 0.717) is 26.2 Å². The molecule has 2 amide bonds. The van der Waals surface area contributed by atoms with E-state index in [0.717, 1.165) is 5.56 Å². The van der Waals surface area contributed by atoms with Crippen LogP contribution in [0.1, 0.15) is 12.5 Å². The molecule has 0 radical (unpaired) electrons. The van der Waals surface area contributed by atoms with E-state index in [1.807, 2.05) is 6.92 Å². The molecule has 0 aromatic heterocycles. The molecule has 6 nitrogen and oxygen atoms in total. The second-order valence-corrected chi connectivity index (χ2v) is 4.89. The monoisotopic (exact) mass is 296 g/mol. The van der Waals surface area contributed by atoms with Gasteiger partial charge in [-0.3, -0.25) is 10.9 Å². The molecule has 0 atom stereocenters. The van der Waals surface area contributed by atoms with Gasteiger partial charge >= 0.3 is 6.03 Å². The van der Waals surface area contributed by atoms with Crippen LogP contribution < -0.4 is 20.9 Å². The number of hydrazine groups is 1. The second kappa shape index (κ2) is 7.24. The Labute approximate surface area is 123 Å². The van der Waals surface area contributed by atoms with Crippen molar-refractivity contribution in [1.29, 1.82) is 0 Å². The molecular formula is C14H21FN4O2. The highest BCUT2D eigenvalue weighted by Gasteiger charge is 2.20. The van der Waals surface area contributed by atoms with Crippen LogP contribution in [0.4, 0.5) is 9.18 Å². The molecule has 1 saturated heterocycles. The summed E-state index contributed by atoms with van der Waals surface area (Å²) in [5, 5.41) is 2.93. The maximum absolute atomic E-state index is 13.7. The van der Waals surface area contributed by atoms with Gasteiger partial charge in [0.25, 0.3) is 0 Å². The molecule has 1 aliphatic rings. The molecule has 1 fully saturated rings. The van der Waals surface area contributed by atoms with Crippen molar-refractivity contribution in [2.75, 3.05) is 26.7 Å². The summed E-state index contributed by atoms with van der Waals surface area (Å²) >= 11 is 0. The number of rotatable bonds is 5. The Morgan fingerprint density at radius 1 is 1.48 bits per heavy atom. The van der Waals surface area contributed by atoms with Gasteiger partial charge in [-0.05, 0) is 24.6 Å². The van der Waals surface area contributed by atoms with Gasteiger partial charge in [0.2, 0.25) is 0 Å². The van der Waals surface area contributed by atoms with Crippen molar-refractivity contribution in [2.24, 2.45) is 0 Å². The van der Waals surface area contributed by atoms with Gasteiger partial charge in [0, 0.05) is 26.2 Å². The first-order valence-corrected chi connectivity index (χ1v) is 6.97. The highest BCUT2D eigenvalue weighted by molar-refractivity contribution is 5.74. The quantitative estimate of drug-likeness (QED) is 0.753. The van der Waals surface area contributed by atoms with Crippen molar-refractivity contribution < 1.29 is 13.9 Å². The standard InChI is InChI=1S/C14H21FN4O2/c1-3-19(14(20)18-11-7-16-17-8-11)9-10-4-5-13(21-2)12(15)6-10/h4-6,11,16-17H,3,7-9H2,1-2H3,(H,18,20). The summed E-state index contributed by atoms with van der Waals surface area (Å²) in [5.74, 6) is -0.218. The van der Waals surface area contributed by atoms with Crippen molar-refractivity contribution >= 4 is 6.03 Å². The molecule has 7 heteroatoms. The molecule has 0 aliphatic carbocycles. The van der Waals surface area contributed by atoms with Crippen molar-refractivity contribution in [3.63, 3.8) is 0 Å². The summed E-state index contributed by atoms with van der Waals surface area (Å²) in [6.45, 7) is 4.19. The Hall–Kier alpha value is -1.86. The Morgan fingerprint density at radius 3 is 2.76 bits per heavy atom. The fraction of sp³-hybridized carbons (Fsp3) is 0.500. The minimum absolute atomic E-state index is 0.0687. The fourth-order valence-electron chi connectivity index (χ4n) is 2.19. The van der Waals surface area contributed by atoms with Crippen LogP contribution in [-0.4, -0.2) is 43.7 Å². The third-order valence-corrected chi connectivity index (χ3v) is 3.41. The number of nitrogens with zero attached hydrogens (tertiary/aromatic N) is 1. The zero-order chi connectivity index (χ0) is 15.2. The van der Waals surface area contributed by atoms with Gasteiger partial charge < -0.3 is 15.0 Å². The highest BCUT2D eigenvalue weighted by atomic mass is 19.1. The van der Waals surface area contributed by atoms with Gasteiger partial charge in [0.15, 0.2) is 11.6 Å². The maximum Gasteiger partial charge on any atom is 0.317 e. The molecule has 0 bridgehead atoms. The van der Waals surface area contributed by atoms with Crippen molar-refractivity contribution in [2.45, 2.75) is 19.5 Å². The van der Waals surface area contributed by atoms with E-state index in [9.17, 15) is 9.18 Å². The van der Waals surface area contributed by atoms with Crippen LogP contribution >= 0.6 is 0 Å². The second-order valence-electron chi connectivity index (χ2n) is 4.89. The predicted molar refractivity (Wildman–Crippen MR) is 77.4 cm³/mol. The molecule has 21 heavy (non-hydrogen) atoms. The molecule has 1 aliphatic heterocycles. The first-order valence-electron chi connectivity index (χ1n) is 6.97. The first kappa shape index (κ1) is 15.5. The van der Waals surface area contributed by atoms with Gasteiger partial charge in [-0.2, -0.15) is 0 Å². The van der Waals surface area contributed by atoms with Gasteiger partial charge in [0.05, 0.1) is 13.2 Å². The minimum atomic E-state index is -0.421. The predicted octanol–water partition coefficient (Wildman–Crippen LogP) is 0.842. The number of urea groups is 1. The number of benzene rings is 1. The topological polar surface area (TPSA) is 65.6 Å². The molecule has 0 saturated carbocycles. The maximum atomic E-state index is 13.7. The number of hydrogen-bond acceptors (Lipinski definition) is 4. The minimum Gasteiger partial charge on any atom is -0.494 e. The van der Waals surface area contributed by atoms with E-state index in [4.69, 9.17) is 4.74 Å². The molecular weight excluding hydrogens is 275 g/mol. The van der Waals surface area contributed by atoms with Crippen LogP contribution in [0.2, 0.25) is 0 Å². The largest absolute Gasteiger partial charge is 0.494 e. The summed E-state index contributed by atoms with van der Waals surface area (Å²) in [7, 11) is 1.42. The van der Waals surface area contributed by atoms with E-state index in [2.05, 4.69) is 16.2 Å². The lowest BCUT2D eigenvalue weighted by molar-refractivity contribution is 0.195. The van der Waals surface area contributed by atoms with Gasteiger partial charge in [-0.25, -0.2) is 9.18 Å². The SMILES string of the molecule is CCN(Cc1ccc(OC)c(F)c1)C(=O)NC1CNNC1. The van der Waals surface area contributed by atoms with Crippen molar-refractivity contribution in [3.05, 3.63) is 29.6 Å². The molecule has 2 rings (SSSR count). The number of hydrogen-bond donors (Lipinski definition) is 3. The molecule has 0 unspecified atom stereocenters. The zero-order valence-corrected chi connectivity index (χ0v) is 12.3. The van der Waals surface area contributed by atoms with Crippen LogP contribution in [0.5, 0.6) is 5.75 Å². The van der Waals surface area contributed by atoms with Gasteiger partial charge in [-0.1, -0.05) is 6.07 Å². The highest BCUT2D eigenvalue weighted by Crippen LogP contribution is 2.18. The number of halogens is 1. The Kier molecular flexibility index (Phi) is 5.35. The summed E-state index contributed by atoms with van der Waals surface area (Å²) in [5.41, 5.74) is 6.65. The number of amides is 2. The number of carbonyl (C=O) groups is 1. The fourth-order valence-corrected chi connectivity index (χ4v) is 2.19. The summed E-state index contributed by atoms with van der Waals surface area (Å²) in [6.07, 6.45) is 0. The molecule has 1 aromatic carbocycles. The lowest BCUT2D eigenvalue weighted by Crippen LogP contribution is -2.46.